The lowest BCUT2D eigenvalue weighted by molar-refractivity contribution is 0.0742. The van der Waals surface area contributed by atoms with Crippen LogP contribution in [0.3, 0.4) is 0 Å². The fourth-order valence-corrected chi connectivity index (χ4v) is 2.75. The Kier molecular flexibility index (Phi) is 3.60. The quantitative estimate of drug-likeness (QED) is 0.831. The van der Waals surface area contributed by atoms with E-state index in [1.54, 1.807) is 12.3 Å². The van der Waals surface area contributed by atoms with Gasteiger partial charge in [0.25, 0.3) is 5.91 Å². The van der Waals surface area contributed by atoms with Crippen LogP contribution in [0.4, 0.5) is 5.82 Å². The summed E-state index contributed by atoms with van der Waals surface area (Å²) in [6, 6.07) is 3.68. The smallest absolute Gasteiger partial charge is 0.273 e. The van der Waals surface area contributed by atoms with Gasteiger partial charge in [0, 0.05) is 37.8 Å². The van der Waals surface area contributed by atoms with Crippen LogP contribution in [0, 0.1) is 6.92 Å². The zero-order valence-corrected chi connectivity index (χ0v) is 12.0. The SMILES string of the molecule is Cc1nccc(N2CCN(C(=O)c3ccsn3)CC2)n1. The highest BCUT2D eigenvalue weighted by Gasteiger charge is 2.23. The van der Waals surface area contributed by atoms with E-state index in [2.05, 4.69) is 19.2 Å². The van der Waals surface area contributed by atoms with Gasteiger partial charge in [0.05, 0.1) is 0 Å². The summed E-state index contributed by atoms with van der Waals surface area (Å²) in [5.74, 6) is 1.71. The molecule has 1 aliphatic heterocycles. The van der Waals surface area contributed by atoms with Crippen LogP contribution in [0.15, 0.2) is 23.7 Å². The van der Waals surface area contributed by atoms with Crippen molar-refractivity contribution in [1.82, 2.24) is 19.2 Å². The number of carbonyl (C=O) groups is 1. The number of hydrogen-bond donors (Lipinski definition) is 0. The van der Waals surface area contributed by atoms with E-state index < -0.39 is 0 Å². The van der Waals surface area contributed by atoms with Crippen LogP contribution in [-0.2, 0) is 0 Å². The number of piperazine rings is 1. The molecule has 0 atom stereocenters. The van der Waals surface area contributed by atoms with Gasteiger partial charge < -0.3 is 9.80 Å². The van der Waals surface area contributed by atoms with Gasteiger partial charge in [-0.05, 0) is 30.6 Å². The van der Waals surface area contributed by atoms with Crippen molar-refractivity contribution in [3.63, 3.8) is 0 Å². The Bertz CT molecular complexity index is 593. The summed E-state index contributed by atoms with van der Waals surface area (Å²) < 4.78 is 4.10. The van der Waals surface area contributed by atoms with Gasteiger partial charge in [0.15, 0.2) is 0 Å². The topological polar surface area (TPSA) is 62.2 Å². The minimum Gasteiger partial charge on any atom is -0.353 e. The predicted octanol–water partition coefficient (Wildman–Crippen LogP) is 1.20. The Morgan fingerprint density at radius 1 is 1.25 bits per heavy atom. The molecule has 0 radical (unpaired) electrons. The lowest BCUT2D eigenvalue weighted by Crippen LogP contribution is -2.49. The molecule has 104 valence electrons. The Labute approximate surface area is 121 Å². The normalized spacial score (nSPS) is 15.4. The number of nitrogens with zero attached hydrogens (tertiary/aromatic N) is 5. The molecule has 20 heavy (non-hydrogen) atoms. The molecule has 7 heteroatoms. The monoisotopic (exact) mass is 289 g/mol. The molecule has 0 unspecified atom stereocenters. The van der Waals surface area contributed by atoms with Crippen molar-refractivity contribution >= 4 is 23.3 Å². The van der Waals surface area contributed by atoms with Gasteiger partial charge in [0.2, 0.25) is 0 Å². The minimum absolute atomic E-state index is 0.0183. The van der Waals surface area contributed by atoms with Gasteiger partial charge in [0.1, 0.15) is 17.3 Å². The lowest BCUT2D eigenvalue weighted by atomic mass is 10.2. The second kappa shape index (κ2) is 5.54. The van der Waals surface area contributed by atoms with E-state index in [9.17, 15) is 4.79 Å². The predicted molar refractivity (Wildman–Crippen MR) is 77.0 cm³/mol. The molecular formula is C13H15N5OS. The van der Waals surface area contributed by atoms with Gasteiger partial charge >= 0.3 is 0 Å². The van der Waals surface area contributed by atoms with E-state index in [1.807, 2.05) is 23.3 Å². The highest BCUT2D eigenvalue weighted by Crippen LogP contribution is 2.14. The average Bonchev–Trinajstić information content (AvgIpc) is 3.01. The molecular weight excluding hydrogens is 274 g/mol. The maximum atomic E-state index is 12.2. The van der Waals surface area contributed by atoms with Crippen LogP contribution in [0.25, 0.3) is 0 Å². The van der Waals surface area contributed by atoms with Crippen molar-refractivity contribution in [2.24, 2.45) is 0 Å². The van der Waals surface area contributed by atoms with Crippen LogP contribution >= 0.6 is 11.5 Å². The number of anilines is 1. The van der Waals surface area contributed by atoms with Crippen molar-refractivity contribution in [2.45, 2.75) is 6.92 Å². The molecule has 1 amide bonds. The van der Waals surface area contributed by atoms with Gasteiger partial charge in [-0.3, -0.25) is 4.79 Å². The number of amides is 1. The zero-order chi connectivity index (χ0) is 13.9. The molecule has 1 saturated heterocycles. The van der Waals surface area contributed by atoms with Crippen molar-refractivity contribution < 1.29 is 4.79 Å². The van der Waals surface area contributed by atoms with Crippen LogP contribution in [0.1, 0.15) is 16.3 Å². The first-order valence-corrected chi connectivity index (χ1v) is 7.32. The summed E-state index contributed by atoms with van der Waals surface area (Å²) in [6.07, 6.45) is 1.77. The summed E-state index contributed by atoms with van der Waals surface area (Å²) >= 11 is 1.31. The van der Waals surface area contributed by atoms with Crippen molar-refractivity contribution in [3.8, 4) is 0 Å². The number of aromatic nitrogens is 3. The van der Waals surface area contributed by atoms with Crippen LogP contribution in [-0.4, -0.2) is 51.3 Å². The van der Waals surface area contributed by atoms with Crippen LogP contribution < -0.4 is 4.90 Å². The molecule has 6 nitrogen and oxygen atoms in total. The van der Waals surface area contributed by atoms with E-state index in [1.165, 1.54) is 11.5 Å². The first-order valence-electron chi connectivity index (χ1n) is 6.48. The van der Waals surface area contributed by atoms with Gasteiger partial charge in [-0.1, -0.05) is 0 Å². The first kappa shape index (κ1) is 13.0. The summed E-state index contributed by atoms with van der Waals surface area (Å²) in [7, 11) is 0. The summed E-state index contributed by atoms with van der Waals surface area (Å²) in [5, 5.41) is 1.83. The third kappa shape index (κ3) is 2.62. The van der Waals surface area contributed by atoms with E-state index in [0.29, 0.717) is 18.8 Å². The lowest BCUT2D eigenvalue weighted by Gasteiger charge is -2.35. The molecule has 0 aliphatic carbocycles. The minimum atomic E-state index is 0.0183. The van der Waals surface area contributed by atoms with E-state index in [0.717, 1.165) is 24.7 Å². The molecule has 0 spiro atoms. The van der Waals surface area contributed by atoms with Crippen molar-refractivity contribution in [2.75, 3.05) is 31.1 Å². The van der Waals surface area contributed by atoms with Crippen molar-refractivity contribution in [3.05, 3.63) is 35.2 Å². The van der Waals surface area contributed by atoms with Crippen LogP contribution in [0.2, 0.25) is 0 Å². The highest BCUT2D eigenvalue weighted by molar-refractivity contribution is 7.03. The fraction of sp³-hybridized carbons (Fsp3) is 0.385. The number of hydrogen-bond acceptors (Lipinski definition) is 6. The van der Waals surface area contributed by atoms with Gasteiger partial charge in [-0.25, -0.2) is 9.97 Å². The van der Waals surface area contributed by atoms with E-state index >= 15 is 0 Å². The van der Waals surface area contributed by atoms with Crippen molar-refractivity contribution in [1.29, 1.82) is 0 Å². The molecule has 3 rings (SSSR count). The average molecular weight is 289 g/mol. The summed E-state index contributed by atoms with van der Waals surface area (Å²) in [6.45, 7) is 4.84. The maximum Gasteiger partial charge on any atom is 0.273 e. The molecule has 2 aromatic heterocycles. The first-order chi connectivity index (χ1) is 9.74. The number of rotatable bonds is 2. The Morgan fingerprint density at radius 3 is 2.70 bits per heavy atom. The Balaban J connectivity index is 1.64. The third-order valence-electron chi connectivity index (χ3n) is 3.31. The second-order valence-electron chi connectivity index (χ2n) is 4.63. The molecule has 0 bridgehead atoms. The third-order valence-corrected chi connectivity index (χ3v) is 3.87. The molecule has 2 aromatic rings. The summed E-state index contributed by atoms with van der Waals surface area (Å²) in [4.78, 5) is 24.7. The van der Waals surface area contributed by atoms with Crippen LogP contribution in [0.5, 0.6) is 0 Å². The number of carbonyl (C=O) groups excluding carboxylic acids is 1. The summed E-state index contributed by atoms with van der Waals surface area (Å²) in [5.41, 5.74) is 0.543. The fourth-order valence-electron chi connectivity index (χ4n) is 2.24. The molecule has 1 aliphatic rings. The molecule has 0 saturated carbocycles. The standard InChI is InChI=1S/C13H15N5OS/c1-10-14-4-2-12(15-10)17-5-7-18(8-6-17)13(19)11-3-9-20-16-11/h2-4,9H,5-8H2,1H3. The van der Waals surface area contributed by atoms with Gasteiger partial charge in [-0.15, -0.1) is 0 Å². The molecule has 0 N–H and O–H groups in total. The molecule has 0 aromatic carbocycles. The maximum absolute atomic E-state index is 12.2. The van der Waals surface area contributed by atoms with E-state index in [-0.39, 0.29) is 5.91 Å². The Morgan fingerprint density at radius 2 is 2.05 bits per heavy atom. The van der Waals surface area contributed by atoms with E-state index in [4.69, 9.17) is 0 Å². The molecule has 1 fully saturated rings. The largest absolute Gasteiger partial charge is 0.353 e. The second-order valence-corrected chi connectivity index (χ2v) is 5.29. The highest BCUT2D eigenvalue weighted by atomic mass is 32.1. The molecule has 3 heterocycles. The Hall–Kier alpha value is -2.02. The van der Waals surface area contributed by atoms with Gasteiger partial charge in [-0.2, -0.15) is 4.37 Å². The number of aryl methyl sites for hydroxylation is 1. The zero-order valence-electron chi connectivity index (χ0n) is 11.2.